The highest BCUT2D eigenvalue weighted by molar-refractivity contribution is 8.00. The van der Waals surface area contributed by atoms with Crippen LogP contribution in [0.2, 0.25) is 0 Å². The Bertz CT molecular complexity index is 1650. The van der Waals surface area contributed by atoms with Crippen LogP contribution in [-0.4, -0.2) is 86.3 Å². The molecule has 1 heterocycles. The fourth-order valence-corrected chi connectivity index (χ4v) is 8.03. The molecule has 1 amide bonds. The Hall–Kier alpha value is -2.33. The molecule has 256 valence electrons. The van der Waals surface area contributed by atoms with E-state index in [0.717, 1.165) is 34.3 Å². The van der Waals surface area contributed by atoms with E-state index >= 15 is 0 Å². The van der Waals surface area contributed by atoms with Crippen LogP contribution in [0.1, 0.15) is 44.5 Å². The molecular weight excluding hydrogens is 667 g/mol. The normalized spacial score (nSPS) is 24.2. The number of quaternary nitrogens is 1. The van der Waals surface area contributed by atoms with Crippen LogP contribution >= 0.6 is 23.1 Å². The summed E-state index contributed by atoms with van der Waals surface area (Å²) in [6.07, 6.45) is 16.1. The average molecular weight is 714 g/mol. The molecule has 0 spiro atoms. The molecule has 4 rings (SSSR count). The first kappa shape index (κ1) is 39.8. The van der Waals surface area contributed by atoms with E-state index in [1.54, 1.807) is 73.4 Å². The maximum Gasteiger partial charge on any atom is 0.297 e. The van der Waals surface area contributed by atoms with Crippen LogP contribution in [0.4, 0.5) is 0 Å². The van der Waals surface area contributed by atoms with Gasteiger partial charge in [-0.25, -0.2) is 16.8 Å². The standard InChI is InChI=1S/C16H24N3OS2.2C8H12O3S/c1-18-13-8-7-12(11-14(13)22-16(18)21-5)15(20)17-9-6-10-19(2,3)4;2*1-7-5-3-4-6-8(7,2)12(9,10)11/h7-8,11H,6,9-10H2,1-5H3;2*3-7H,1-2H3,(H,9,10,11)/q+1;;/p-1. The van der Waals surface area contributed by atoms with Gasteiger partial charge in [-0.2, -0.15) is 4.57 Å². The van der Waals surface area contributed by atoms with Crippen molar-refractivity contribution in [3.05, 3.63) is 72.4 Å². The number of aromatic nitrogens is 1. The molecule has 0 radical (unpaired) electrons. The molecule has 4 atom stereocenters. The van der Waals surface area contributed by atoms with E-state index in [0.29, 0.717) is 0 Å². The Balaban J connectivity index is 0.000000261. The van der Waals surface area contributed by atoms with E-state index in [9.17, 15) is 30.7 Å². The molecular formula is C32H47N3O7S4. The zero-order valence-corrected chi connectivity index (χ0v) is 31.3. The lowest BCUT2D eigenvalue weighted by molar-refractivity contribution is -0.870. The van der Waals surface area contributed by atoms with Crippen molar-refractivity contribution in [2.45, 2.75) is 47.9 Å². The van der Waals surface area contributed by atoms with Crippen molar-refractivity contribution < 1.29 is 39.8 Å². The van der Waals surface area contributed by atoms with Crippen molar-refractivity contribution >= 4 is 59.5 Å². The van der Waals surface area contributed by atoms with Gasteiger partial charge in [0.05, 0.1) is 37.2 Å². The van der Waals surface area contributed by atoms with Crippen molar-refractivity contribution in [3.8, 4) is 0 Å². The predicted octanol–water partition coefficient (Wildman–Crippen LogP) is 4.38. The largest absolute Gasteiger partial charge is 0.747 e. The van der Waals surface area contributed by atoms with Gasteiger partial charge in [-0.1, -0.05) is 73.8 Å². The number of fused-ring (bicyclic) bond motifs is 1. The van der Waals surface area contributed by atoms with Gasteiger partial charge in [-0.15, -0.1) is 0 Å². The Morgan fingerprint density at radius 1 is 0.957 bits per heavy atom. The Morgan fingerprint density at radius 2 is 1.46 bits per heavy atom. The fraction of sp³-hybridized carbons (Fsp3) is 0.500. The van der Waals surface area contributed by atoms with Gasteiger partial charge in [-0.3, -0.25) is 4.79 Å². The number of hydrogen-bond donors (Lipinski definition) is 1. The number of thioether (sulfide) groups is 1. The van der Waals surface area contributed by atoms with E-state index in [-0.39, 0.29) is 17.7 Å². The average Bonchev–Trinajstić information content (AvgIpc) is 3.28. The molecule has 4 unspecified atom stereocenters. The van der Waals surface area contributed by atoms with Crippen LogP contribution in [0.25, 0.3) is 10.2 Å². The number of benzene rings is 1. The monoisotopic (exact) mass is 713 g/mol. The van der Waals surface area contributed by atoms with Crippen LogP contribution in [0.3, 0.4) is 0 Å². The molecule has 2 aliphatic carbocycles. The van der Waals surface area contributed by atoms with Gasteiger partial charge in [0.15, 0.2) is 0 Å². The topological polar surface area (TPSA) is 147 Å². The molecule has 1 N–H and O–H groups in total. The smallest absolute Gasteiger partial charge is 0.297 e. The summed E-state index contributed by atoms with van der Waals surface area (Å²) in [5.74, 6) is -0.500. The Labute approximate surface area is 283 Å². The number of rotatable bonds is 8. The van der Waals surface area contributed by atoms with E-state index in [1.807, 2.05) is 18.2 Å². The molecule has 14 heteroatoms. The molecule has 0 saturated carbocycles. The summed E-state index contributed by atoms with van der Waals surface area (Å²) in [6, 6.07) is 5.94. The minimum atomic E-state index is -4.26. The molecule has 46 heavy (non-hydrogen) atoms. The van der Waals surface area contributed by atoms with Crippen LogP contribution in [0.5, 0.6) is 0 Å². The lowest BCUT2D eigenvalue weighted by Gasteiger charge is -2.35. The molecule has 1 aromatic heterocycles. The molecule has 2 aromatic rings. The number of allylic oxidation sites excluding steroid dienone is 6. The van der Waals surface area contributed by atoms with Gasteiger partial charge in [0.2, 0.25) is 5.52 Å². The minimum absolute atomic E-state index is 0.0186. The molecule has 2 aliphatic rings. The molecule has 10 nitrogen and oxygen atoms in total. The second kappa shape index (κ2) is 15.7. The summed E-state index contributed by atoms with van der Waals surface area (Å²) in [5.41, 5.74) is 1.92. The van der Waals surface area contributed by atoms with Gasteiger partial charge in [0, 0.05) is 24.6 Å². The van der Waals surface area contributed by atoms with Crippen molar-refractivity contribution in [2.24, 2.45) is 18.9 Å². The second-order valence-electron chi connectivity index (χ2n) is 12.8. The van der Waals surface area contributed by atoms with E-state index < -0.39 is 29.7 Å². The molecule has 0 fully saturated rings. The fourth-order valence-electron chi connectivity index (χ4n) is 4.57. The number of hydrogen-bond acceptors (Lipinski definition) is 9. The van der Waals surface area contributed by atoms with E-state index in [2.05, 4.69) is 44.3 Å². The third-order valence-corrected chi connectivity index (χ3v) is 13.8. The van der Waals surface area contributed by atoms with Crippen LogP contribution in [-0.2, 0) is 27.3 Å². The maximum absolute atomic E-state index is 12.3. The van der Waals surface area contributed by atoms with Gasteiger partial charge < -0.3 is 18.9 Å². The first-order chi connectivity index (χ1) is 21.1. The molecule has 0 aliphatic heterocycles. The first-order valence-corrected chi connectivity index (χ1v) is 19.6. The lowest BCUT2D eigenvalue weighted by atomic mass is 9.91. The first-order valence-electron chi connectivity index (χ1n) is 14.8. The Morgan fingerprint density at radius 3 is 1.85 bits per heavy atom. The molecule has 0 saturated heterocycles. The number of carbonyl (C=O) groups is 1. The van der Waals surface area contributed by atoms with E-state index in [1.165, 1.54) is 35.9 Å². The van der Waals surface area contributed by atoms with Crippen LogP contribution in [0, 0.1) is 11.8 Å². The van der Waals surface area contributed by atoms with Gasteiger partial charge in [-0.05, 0) is 55.8 Å². The lowest BCUT2D eigenvalue weighted by Crippen LogP contribution is -2.39. The highest BCUT2D eigenvalue weighted by Gasteiger charge is 2.35. The third-order valence-electron chi connectivity index (χ3n) is 8.28. The Kier molecular flexibility index (Phi) is 13.6. The number of nitrogens with zero attached hydrogens (tertiary/aromatic N) is 2. The zero-order valence-electron chi connectivity index (χ0n) is 28.0. The molecule has 1 aromatic carbocycles. The summed E-state index contributed by atoms with van der Waals surface area (Å²) in [7, 11) is 0.0270. The van der Waals surface area contributed by atoms with E-state index in [4.69, 9.17) is 0 Å². The van der Waals surface area contributed by atoms with Crippen molar-refractivity contribution in [3.63, 3.8) is 0 Å². The van der Waals surface area contributed by atoms with Gasteiger partial charge >= 0.3 is 0 Å². The summed E-state index contributed by atoms with van der Waals surface area (Å²) >= 11 is 3.46. The quantitative estimate of drug-likeness (QED) is 0.139. The number of aryl methyl sites for hydroxylation is 1. The van der Waals surface area contributed by atoms with Crippen molar-refractivity contribution in [1.29, 1.82) is 0 Å². The van der Waals surface area contributed by atoms with Crippen molar-refractivity contribution in [1.82, 2.24) is 5.32 Å². The zero-order chi connectivity index (χ0) is 35.1. The summed E-state index contributed by atoms with van der Waals surface area (Å²) in [5, 5.41) is 3.02. The van der Waals surface area contributed by atoms with Gasteiger partial charge in [0.1, 0.15) is 32.0 Å². The summed E-state index contributed by atoms with van der Waals surface area (Å²) < 4.78 is 68.2. The SMILES string of the molecule is CC1C=CC=CC1(C)S(=O)(=O)[O-].CC1C=CC=CC1(C)S(=O)(=O)[O-].CSc1sc2cc(C(=O)NCCC[N+](C)(C)C)ccc2[n+]1C. The second-order valence-corrected chi connectivity index (χ2v) is 18.4. The highest BCUT2D eigenvalue weighted by Crippen LogP contribution is 2.32. The summed E-state index contributed by atoms with van der Waals surface area (Å²) in [6.45, 7) is 8.10. The number of carbonyl (C=O) groups excluding carboxylic acids is 1. The highest BCUT2D eigenvalue weighted by atomic mass is 32.2. The predicted molar refractivity (Wildman–Crippen MR) is 186 cm³/mol. The minimum Gasteiger partial charge on any atom is -0.747 e. The number of nitrogens with one attached hydrogen (secondary N) is 1. The summed E-state index contributed by atoms with van der Waals surface area (Å²) in [4.78, 5) is 12.3. The third kappa shape index (κ3) is 10.1. The van der Waals surface area contributed by atoms with Crippen LogP contribution in [0.15, 0.2) is 71.1 Å². The number of thiazole rings is 1. The van der Waals surface area contributed by atoms with Gasteiger partial charge in [0.25, 0.3) is 10.2 Å². The number of amides is 1. The molecule has 0 bridgehead atoms. The van der Waals surface area contributed by atoms with Crippen LogP contribution < -0.4 is 9.88 Å². The maximum atomic E-state index is 12.3. The van der Waals surface area contributed by atoms with Crippen molar-refractivity contribution in [2.75, 3.05) is 40.5 Å².